The van der Waals surface area contributed by atoms with Crippen molar-refractivity contribution < 1.29 is 13.6 Å². The van der Waals surface area contributed by atoms with E-state index in [1.165, 1.54) is 30.7 Å². The molecule has 3 heterocycles. The predicted octanol–water partition coefficient (Wildman–Crippen LogP) is 1.95. The number of hydrogen-bond acceptors (Lipinski definition) is 5. The number of aromatic nitrogens is 4. The molecule has 0 spiro atoms. The SMILES string of the molecule is O=C(NCc1nnc2n1CCC2)c1ncoc1-c1ccc(F)cc1. The lowest BCUT2D eigenvalue weighted by atomic mass is 10.1. The Balaban J connectivity index is 1.51. The van der Waals surface area contributed by atoms with Gasteiger partial charge < -0.3 is 14.3 Å². The molecule has 1 aromatic carbocycles. The lowest BCUT2D eigenvalue weighted by Crippen LogP contribution is -2.25. The lowest BCUT2D eigenvalue weighted by Gasteiger charge is -2.05. The number of halogens is 1. The van der Waals surface area contributed by atoms with Crippen LogP contribution in [0.1, 0.15) is 28.6 Å². The van der Waals surface area contributed by atoms with Gasteiger partial charge in [-0.1, -0.05) is 0 Å². The predicted molar refractivity (Wildman–Crippen MR) is 81.4 cm³/mol. The van der Waals surface area contributed by atoms with Crippen molar-refractivity contribution in [2.75, 3.05) is 0 Å². The smallest absolute Gasteiger partial charge is 0.274 e. The molecule has 4 rings (SSSR count). The van der Waals surface area contributed by atoms with Gasteiger partial charge in [-0.15, -0.1) is 10.2 Å². The van der Waals surface area contributed by atoms with Gasteiger partial charge in [0.05, 0.1) is 6.54 Å². The Hall–Kier alpha value is -3.03. The molecule has 1 amide bonds. The van der Waals surface area contributed by atoms with Crippen molar-refractivity contribution in [2.45, 2.75) is 25.9 Å². The van der Waals surface area contributed by atoms with Gasteiger partial charge in [0.2, 0.25) is 0 Å². The Morgan fingerprint density at radius 1 is 1.29 bits per heavy atom. The fraction of sp³-hybridized carbons (Fsp3) is 0.250. The fourth-order valence-corrected chi connectivity index (χ4v) is 2.80. The highest BCUT2D eigenvalue weighted by Gasteiger charge is 2.21. The number of carbonyl (C=O) groups excluding carboxylic acids is 1. The Bertz CT molecular complexity index is 884. The molecule has 2 aromatic heterocycles. The molecule has 0 fully saturated rings. The summed E-state index contributed by atoms with van der Waals surface area (Å²) in [4.78, 5) is 16.4. The van der Waals surface area contributed by atoms with Crippen LogP contribution in [-0.4, -0.2) is 25.7 Å². The third-order valence-electron chi connectivity index (χ3n) is 3.98. The van der Waals surface area contributed by atoms with Crippen LogP contribution in [0.5, 0.6) is 0 Å². The van der Waals surface area contributed by atoms with Crippen molar-refractivity contribution in [3.63, 3.8) is 0 Å². The summed E-state index contributed by atoms with van der Waals surface area (Å²) in [6.45, 7) is 1.14. The molecule has 1 aliphatic heterocycles. The van der Waals surface area contributed by atoms with Crippen molar-refractivity contribution in [1.29, 1.82) is 0 Å². The first-order valence-electron chi connectivity index (χ1n) is 7.61. The second-order valence-electron chi connectivity index (χ2n) is 5.51. The van der Waals surface area contributed by atoms with Gasteiger partial charge in [0.15, 0.2) is 23.7 Å². The van der Waals surface area contributed by atoms with E-state index >= 15 is 0 Å². The highest BCUT2D eigenvalue weighted by molar-refractivity contribution is 5.97. The number of nitrogens with zero attached hydrogens (tertiary/aromatic N) is 4. The van der Waals surface area contributed by atoms with Crippen molar-refractivity contribution >= 4 is 5.91 Å². The van der Waals surface area contributed by atoms with E-state index in [-0.39, 0.29) is 24.0 Å². The summed E-state index contributed by atoms with van der Waals surface area (Å²) < 4.78 is 20.3. The van der Waals surface area contributed by atoms with Gasteiger partial charge >= 0.3 is 0 Å². The van der Waals surface area contributed by atoms with Crippen LogP contribution in [0.3, 0.4) is 0 Å². The van der Waals surface area contributed by atoms with Gasteiger partial charge in [-0.2, -0.15) is 0 Å². The van der Waals surface area contributed by atoms with E-state index in [4.69, 9.17) is 4.42 Å². The topological polar surface area (TPSA) is 85.8 Å². The first kappa shape index (κ1) is 14.6. The Labute approximate surface area is 136 Å². The van der Waals surface area contributed by atoms with Crippen LogP contribution in [-0.2, 0) is 19.5 Å². The number of rotatable bonds is 4. The molecule has 24 heavy (non-hydrogen) atoms. The van der Waals surface area contributed by atoms with Crippen LogP contribution < -0.4 is 5.32 Å². The highest BCUT2D eigenvalue weighted by Crippen LogP contribution is 2.23. The molecule has 1 N–H and O–H groups in total. The summed E-state index contributed by atoms with van der Waals surface area (Å²) >= 11 is 0. The maximum atomic E-state index is 13.0. The number of hydrogen-bond donors (Lipinski definition) is 1. The summed E-state index contributed by atoms with van der Waals surface area (Å²) in [5, 5.41) is 11.0. The van der Waals surface area contributed by atoms with E-state index < -0.39 is 0 Å². The molecule has 0 atom stereocenters. The molecular formula is C16H14FN5O2. The van der Waals surface area contributed by atoms with Crippen molar-refractivity contribution in [3.05, 3.63) is 53.8 Å². The molecule has 0 unspecified atom stereocenters. The van der Waals surface area contributed by atoms with Crippen LogP contribution in [0.15, 0.2) is 35.1 Å². The number of benzene rings is 1. The summed E-state index contributed by atoms with van der Waals surface area (Å²) in [6, 6.07) is 5.69. The average Bonchev–Trinajstić information content (AvgIpc) is 3.30. The normalized spacial score (nSPS) is 13.0. The van der Waals surface area contributed by atoms with Crippen LogP contribution >= 0.6 is 0 Å². The van der Waals surface area contributed by atoms with E-state index in [2.05, 4.69) is 20.5 Å². The van der Waals surface area contributed by atoms with E-state index in [1.807, 2.05) is 4.57 Å². The number of nitrogens with one attached hydrogen (secondary N) is 1. The summed E-state index contributed by atoms with van der Waals surface area (Å²) in [7, 11) is 0. The Morgan fingerprint density at radius 2 is 2.12 bits per heavy atom. The molecule has 122 valence electrons. The second-order valence-corrected chi connectivity index (χ2v) is 5.51. The molecule has 0 saturated carbocycles. The number of oxazole rings is 1. The molecule has 1 aliphatic rings. The molecule has 7 nitrogen and oxygen atoms in total. The van der Waals surface area contributed by atoms with Gasteiger partial charge in [0.1, 0.15) is 11.6 Å². The molecule has 0 radical (unpaired) electrons. The number of amides is 1. The zero-order valence-corrected chi connectivity index (χ0v) is 12.7. The molecule has 0 aliphatic carbocycles. The zero-order valence-electron chi connectivity index (χ0n) is 12.7. The van der Waals surface area contributed by atoms with E-state index in [0.717, 1.165) is 31.0 Å². The zero-order chi connectivity index (χ0) is 16.5. The quantitative estimate of drug-likeness (QED) is 0.791. The molecule has 8 heteroatoms. The molecule has 0 saturated heterocycles. The summed E-state index contributed by atoms with van der Waals surface area (Å²) in [5.41, 5.74) is 0.741. The number of fused-ring (bicyclic) bond motifs is 1. The van der Waals surface area contributed by atoms with Crippen molar-refractivity contribution in [2.24, 2.45) is 0 Å². The first-order valence-corrected chi connectivity index (χ1v) is 7.61. The van der Waals surface area contributed by atoms with E-state index in [9.17, 15) is 9.18 Å². The van der Waals surface area contributed by atoms with Gasteiger partial charge in [0, 0.05) is 18.5 Å². The standard InChI is InChI=1S/C16H14FN5O2/c17-11-5-3-10(4-6-11)15-14(19-9-24-15)16(23)18-8-13-21-20-12-2-1-7-22(12)13/h3-6,9H,1-2,7-8H2,(H,18,23). The molecule has 3 aromatic rings. The minimum Gasteiger partial charge on any atom is -0.443 e. The minimum atomic E-state index is -0.376. The monoisotopic (exact) mass is 327 g/mol. The first-order chi connectivity index (χ1) is 11.7. The van der Waals surface area contributed by atoms with Crippen LogP contribution in [0.2, 0.25) is 0 Å². The fourth-order valence-electron chi connectivity index (χ4n) is 2.80. The second kappa shape index (κ2) is 5.88. The van der Waals surface area contributed by atoms with Crippen molar-refractivity contribution in [3.8, 4) is 11.3 Å². The maximum Gasteiger partial charge on any atom is 0.274 e. The van der Waals surface area contributed by atoms with Gasteiger partial charge in [0.25, 0.3) is 5.91 Å². The third-order valence-corrected chi connectivity index (χ3v) is 3.98. The summed E-state index contributed by atoms with van der Waals surface area (Å²) in [5.74, 6) is 1.25. The Kier molecular flexibility index (Phi) is 3.56. The van der Waals surface area contributed by atoms with Gasteiger partial charge in [-0.05, 0) is 30.7 Å². The maximum absolute atomic E-state index is 13.0. The molecule has 0 bridgehead atoms. The van der Waals surface area contributed by atoms with E-state index in [0.29, 0.717) is 11.3 Å². The van der Waals surface area contributed by atoms with Crippen LogP contribution in [0.4, 0.5) is 4.39 Å². The van der Waals surface area contributed by atoms with Crippen molar-refractivity contribution in [1.82, 2.24) is 25.1 Å². The largest absolute Gasteiger partial charge is 0.443 e. The van der Waals surface area contributed by atoms with Gasteiger partial charge in [-0.3, -0.25) is 4.79 Å². The molecular weight excluding hydrogens is 313 g/mol. The van der Waals surface area contributed by atoms with Crippen LogP contribution in [0, 0.1) is 5.82 Å². The summed E-state index contributed by atoms with van der Waals surface area (Å²) in [6.07, 6.45) is 3.16. The average molecular weight is 327 g/mol. The van der Waals surface area contributed by atoms with E-state index in [1.54, 1.807) is 0 Å². The minimum absolute atomic E-state index is 0.155. The van der Waals surface area contributed by atoms with Crippen LogP contribution in [0.25, 0.3) is 11.3 Å². The number of aryl methyl sites for hydroxylation is 1. The number of carbonyl (C=O) groups is 1. The highest BCUT2D eigenvalue weighted by atomic mass is 19.1. The third kappa shape index (κ3) is 2.55. The Morgan fingerprint density at radius 3 is 2.96 bits per heavy atom. The van der Waals surface area contributed by atoms with Gasteiger partial charge in [-0.25, -0.2) is 9.37 Å². The lowest BCUT2D eigenvalue weighted by molar-refractivity contribution is 0.0945.